The highest BCUT2D eigenvalue weighted by Crippen LogP contribution is 2.17. The Hall–Kier alpha value is -2.54. The summed E-state index contributed by atoms with van der Waals surface area (Å²) in [5.41, 5.74) is 0.577. The highest BCUT2D eigenvalue weighted by atomic mass is 32.1. The molecule has 102 valence electrons. The van der Waals surface area contributed by atoms with Gasteiger partial charge < -0.3 is 0 Å². The molecule has 0 fully saturated rings. The molecule has 0 atom stereocenters. The Morgan fingerprint density at radius 3 is 2.95 bits per heavy atom. The summed E-state index contributed by atoms with van der Waals surface area (Å²) in [5.74, 6) is -0.328. The number of hydrogen-bond acceptors (Lipinski definition) is 5. The van der Waals surface area contributed by atoms with E-state index in [0.29, 0.717) is 10.7 Å². The molecule has 20 heavy (non-hydrogen) atoms. The van der Waals surface area contributed by atoms with Crippen molar-refractivity contribution < 1.29 is 9.72 Å². The summed E-state index contributed by atoms with van der Waals surface area (Å²) in [5, 5.41) is 13.8. The van der Waals surface area contributed by atoms with E-state index in [4.69, 9.17) is 0 Å². The molecule has 1 amide bonds. The topological polar surface area (TPSA) is 85.1 Å². The Kier molecular flexibility index (Phi) is 4.21. The van der Waals surface area contributed by atoms with E-state index < -0.39 is 4.92 Å². The molecule has 1 heterocycles. The third-order valence-corrected chi connectivity index (χ3v) is 3.19. The highest BCUT2D eigenvalue weighted by molar-refractivity contribution is 7.15. The quantitative estimate of drug-likeness (QED) is 0.532. The van der Waals surface area contributed by atoms with Gasteiger partial charge in [0.2, 0.25) is 5.91 Å². The van der Waals surface area contributed by atoms with E-state index in [9.17, 15) is 14.9 Å². The summed E-state index contributed by atoms with van der Waals surface area (Å²) in [6, 6.07) is 6.05. The summed E-state index contributed by atoms with van der Waals surface area (Å²) in [4.78, 5) is 26.8. The molecule has 2 rings (SSSR count). The van der Waals surface area contributed by atoms with Crippen molar-refractivity contribution in [2.45, 2.75) is 6.92 Å². The van der Waals surface area contributed by atoms with Crippen LogP contribution in [0.25, 0.3) is 6.08 Å². The molecular weight excluding hydrogens is 278 g/mol. The fourth-order valence-electron chi connectivity index (χ4n) is 1.47. The van der Waals surface area contributed by atoms with Crippen LogP contribution in [0.2, 0.25) is 0 Å². The summed E-state index contributed by atoms with van der Waals surface area (Å²) in [6.07, 6.45) is 4.50. The van der Waals surface area contributed by atoms with Crippen LogP contribution in [0.3, 0.4) is 0 Å². The minimum absolute atomic E-state index is 0.0110. The van der Waals surface area contributed by atoms with E-state index in [2.05, 4.69) is 10.3 Å². The third kappa shape index (κ3) is 3.72. The normalized spacial score (nSPS) is 10.7. The van der Waals surface area contributed by atoms with Gasteiger partial charge in [-0.3, -0.25) is 20.2 Å². The Morgan fingerprint density at radius 1 is 1.50 bits per heavy atom. The van der Waals surface area contributed by atoms with Crippen molar-refractivity contribution in [3.63, 3.8) is 0 Å². The molecule has 1 aromatic heterocycles. The summed E-state index contributed by atoms with van der Waals surface area (Å²) >= 11 is 1.38. The van der Waals surface area contributed by atoms with Gasteiger partial charge >= 0.3 is 0 Å². The first-order valence-corrected chi connectivity index (χ1v) is 6.52. The van der Waals surface area contributed by atoms with Gasteiger partial charge in [-0.25, -0.2) is 4.98 Å². The largest absolute Gasteiger partial charge is 0.298 e. The van der Waals surface area contributed by atoms with Gasteiger partial charge in [-0.2, -0.15) is 0 Å². The van der Waals surface area contributed by atoms with Gasteiger partial charge in [0.1, 0.15) is 0 Å². The van der Waals surface area contributed by atoms with Gasteiger partial charge in [-0.05, 0) is 18.6 Å². The van der Waals surface area contributed by atoms with Crippen molar-refractivity contribution in [1.29, 1.82) is 0 Å². The number of carbonyl (C=O) groups excluding carboxylic acids is 1. The van der Waals surface area contributed by atoms with Crippen LogP contribution in [-0.2, 0) is 4.79 Å². The van der Waals surface area contributed by atoms with Crippen LogP contribution in [0, 0.1) is 17.0 Å². The fraction of sp³-hybridized carbons (Fsp3) is 0.0769. The van der Waals surface area contributed by atoms with Gasteiger partial charge in [-0.1, -0.05) is 12.1 Å². The van der Waals surface area contributed by atoms with Crippen LogP contribution in [-0.4, -0.2) is 15.8 Å². The number of aromatic nitrogens is 1. The van der Waals surface area contributed by atoms with E-state index in [0.717, 1.165) is 4.88 Å². The molecule has 0 bridgehead atoms. The number of rotatable bonds is 4. The first-order chi connectivity index (χ1) is 9.54. The number of nitrogens with zero attached hydrogens (tertiary/aromatic N) is 2. The molecule has 2 aromatic rings. The molecule has 0 aliphatic rings. The van der Waals surface area contributed by atoms with E-state index >= 15 is 0 Å². The average Bonchev–Trinajstić information content (AvgIpc) is 2.82. The lowest BCUT2D eigenvalue weighted by molar-refractivity contribution is -0.384. The summed E-state index contributed by atoms with van der Waals surface area (Å²) < 4.78 is 0. The molecule has 7 heteroatoms. The molecule has 1 aromatic carbocycles. The summed E-state index contributed by atoms with van der Waals surface area (Å²) in [6.45, 7) is 1.90. The average molecular weight is 289 g/mol. The number of amides is 1. The molecule has 0 aliphatic heterocycles. The number of nitro benzene ring substituents is 1. The van der Waals surface area contributed by atoms with Crippen molar-refractivity contribution >= 4 is 34.1 Å². The second-order valence-electron chi connectivity index (χ2n) is 3.95. The Balaban J connectivity index is 2.03. The predicted molar refractivity (Wildman–Crippen MR) is 77.6 cm³/mol. The number of benzene rings is 1. The lowest BCUT2D eigenvalue weighted by Crippen LogP contribution is -2.07. The van der Waals surface area contributed by atoms with Crippen LogP contribution in [0.4, 0.5) is 10.8 Å². The molecule has 0 radical (unpaired) electrons. The lowest BCUT2D eigenvalue weighted by Gasteiger charge is -1.96. The number of nitrogens with one attached hydrogen (secondary N) is 1. The number of aryl methyl sites for hydroxylation is 1. The molecule has 0 saturated carbocycles. The second-order valence-corrected chi connectivity index (χ2v) is 5.19. The Morgan fingerprint density at radius 2 is 2.30 bits per heavy atom. The van der Waals surface area contributed by atoms with Crippen molar-refractivity contribution in [2.75, 3.05) is 5.32 Å². The van der Waals surface area contributed by atoms with E-state index in [1.165, 1.54) is 35.6 Å². The van der Waals surface area contributed by atoms with Crippen molar-refractivity contribution in [2.24, 2.45) is 0 Å². The Bertz CT molecular complexity index is 679. The van der Waals surface area contributed by atoms with Crippen LogP contribution in [0.5, 0.6) is 0 Å². The second kappa shape index (κ2) is 6.07. The first kappa shape index (κ1) is 13.9. The zero-order valence-corrected chi connectivity index (χ0v) is 11.4. The molecule has 0 spiro atoms. The van der Waals surface area contributed by atoms with Crippen LogP contribution < -0.4 is 5.32 Å². The number of nitro groups is 1. The van der Waals surface area contributed by atoms with Crippen molar-refractivity contribution in [3.05, 3.63) is 57.1 Å². The molecule has 0 saturated heterocycles. The van der Waals surface area contributed by atoms with Crippen LogP contribution in [0.1, 0.15) is 10.4 Å². The standard InChI is InChI=1S/C13H11N3O3S/c1-9-8-14-13(20-9)15-12(17)6-5-10-3-2-4-11(7-10)16(18)19/h2-8H,1H3,(H,14,15,17)/b6-5+. The van der Waals surface area contributed by atoms with Crippen LogP contribution in [0.15, 0.2) is 36.5 Å². The number of non-ortho nitro benzene ring substituents is 1. The third-order valence-electron chi connectivity index (χ3n) is 2.36. The van der Waals surface area contributed by atoms with Crippen LogP contribution >= 0.6 is 11.3 Å². The van der Waals surface area contributed by atoms with E-state index in [-0.39, 0.29) is 11.6 Å². The van der Waals surface area contributed by atoms with Gasteiger partial charge in [0.15, 0.2) is 5.13 Å². The summed E-state index contributed by atoms with van der Waals surface area (Å²) in [7, 11) is 0. The van der Waals surface area contributed by atoms with E-state index in [1.807, 2.05) is 6.92 Å². The maximum absolute atomic E-state index is 11.6. The first-order valence-electron chi connectivity index (χ1n) is 5.70. The number of carbonyl (C=O) groups is 1. The monoisotopic (exact) mass is 289 g/mol. The molecule has 0 unspecified atom stereocenters. The molecule has 6 nitrogen and oxygen atoms in total. The Labute approximate surface area is 118 Å². The predicted octanol–water partition coefficient (Wildman–Crippen LogP) is 3.01. The maximum Gasteiger partial charge on any atom is 0.270 e. The molecule has 1 N–H and O–H groups in total. The molecular formula is C13H11N3O3S. The molecule has 0 aliphatic carbocycles. The minimum atomic E-state index is -0.476. The van der Waals surface area contributed by atoms with Gasteiger partial charge in [0.05, 0.1) is 4.92 Å². The maximum atomic E-state index is 11.6. The zero-order chi connectivity index (χ0) is 14.5. The smallest absolute Gasteiger partial charge is 0.270 e. The fourth-order valence-corrected chi connectivity index (χ4v) is 2.14. The number of hydrogen-bond donors (Lipinski definition) is 1. The SMILES string of the molecule is Cc1cnc(NC(=O)/C=C/c2cccc([N+](=O)[O-])c2)s1. The van der Waals surface area contributed by atoms with Gasteiger partial charge in [-0.15, -0.1) is 11.3 Å². The lowest BCUT2D eigenvalue weighted by atomic mass is 10.2. The zero-order valence-electron chi connectivity index (χ0n) is 10.6. The number of thiazole rings is 1. The number of anilines is 1. The highest BCUT2D eigenvalue weighted by Gasteiger charge is 2.05. The van der Waals surface area contributed by atoms with Crippen molar-refractivity contribution in [3.8, 4) is 0 Å². The minimum Gasteiger partial charge on any atom is -0.298 e. The van der Waals surface area contributed by atoms with E-state index in [1.54, 1.807) is 18.3 Å². The van der Waals surface area contributed by atoms with Crippen molar-refractivity contribution in [1.82, 2.24) is 4.98 Å². The van der Waals surface area contributed by atoms with Gasteiger partial charge in [0.25, 0.3) is 5.69 Å². The van der Waals surface area contributed by atoms with Gasteiger partial charge in [0, 0.05) is 29.3 Å².